The molecule has 0 unspecified atom stereocenters. The van der Waals surface area contributed by atoms with Crippen molar-refractivity contribution in [2.45, 2.75) is 45.3 Å². The zero-order valence-electron chi connectivity index (χ0n) is 19.2. The van der Waals surface area contributed by atoms with Crippen molar-refractivity contribution in [3.8, 4) is 0 Å². The van der Waals surface area contributed by atoms with E-state index in [2.05, 4.69) is 15.3 Å². The minimum Gasteiger partial charge on any atom is -0.383 e. The quantitative estimate of drug-likeness (QED) is 0.589. The van der Waals surface area contributed by atoms with Crippen molar-refractivity contribution < 1.29 is 19.1 Å². The number of amides is 2. The Kier molecular flexibility index (Phi) is 6.60. The van der Waals surface area contributed by atoms with Crippen molar-refractivity contribution in [2.24, 2.45) is 5.41 Å². The van der Waals surface area contributed by atoms with Crippen molar-refractivity contribution >= 4 is 28.9 Å². The second kappa shape index (κ2) is 9.31. The number of piperidine rings is 1. The number of carbonyl (C=O) groups excluding carboxylic acids is 2. The number of benzene rings is 1. The van der Waals surface area contributed by atoms with Gasteiger partial charge >= 0.3 is 0 Å². The molecule has 4 rings (SSSR count). The number of aliphatic hydroxyl groups is 1. The van der Waals surface area contributed by atoms with Crippen LogP contribution in [-0.4, -0.2) is 61.4 Å². The van der Waals surface area contributed by atoms with Crippen molar-refractivity contribution in [1.29, 1.82) is 0 Å². The van der Waals surface area contributed by atoms with E-state index in [1.54, 1.807) is 54.9 Å². The van der Waals surface area contributed by atoms with Crippen LogP contribution in [0.1, 0.15) is 49.2 Å². The first-order chi connectivity index (χ1) is 16.0. The molecule has 2 amide bonds. The molecule has 1 aromatic carbocycles. The van der Waals surface area contributed by atoms with E-state index in [1.165, 1.54) is 18.3 Å². The SMILES string of the molecule is CC(C)(C)[C@@H](O)C(=O)N[C@@H]1CN(C(=O)c2cncc3cncn23)CC[C@H]1c1cc(F)cc(Cl)c1. The number of fused-ring (bicyclic) bond motifs is 1. The smallest absolute Gasteiger partial charge is 0.272 e. The van der Waals surface area contributed by atoms with Gasteiger partial charge in [0.15, 0.2) is 0 Å². The molecule has 10 heteroatoms. The fourth-order valence-corrected chi connectivity index (χ4v) is 4.52. The number of likely N-dealkylation sites (tertiary alicyclic amines) is 1. The lowest BCUT2D eigenvalue weighted by Crippen LogP contribution is -2.56. The van der Waals surface area contributed by atoms with Crippen molar-refractivity contribution in [2.75, 3.05) is 13.1 Å². The number of hydrogen-bond donors (Lipinski definition) is 2. The van der Waals surface area contributed by atoms with Gasteiger partial charge in [-0.1, -0.05) is 32.4 Å². The summed E-state index contributed by atoms with van der Waals surface area (Å²) >= 11 is 6.09. The molecule has 0 bridgehead atoms. The van der Waals surface area contributed by atoms with Crippen LogP contribution in [0.15, 0.2) is 43.1 Å². The fourth-order valence-electron chi connectivity index (χ4n) is 4.29. The Morgan fingerprint density at radius 1 is 1.21 bits per heavy atom. The molecule has 1 saturated heterocycles. The van der Waals surface area contributed by atoms with Gasteiger partial charge in [-0.25, -0.2) is 9.37 Å². The monoisotopic (exact) mass is 487 g/mol. The van der Waals surface area contributed by atoms with Gasteiger partial charge in [0.1, 0.15) is 17.6 Å². The molecule has 180 valence electrons. The van der Waals surface area contributed by atoms with E-state index in [0.717, 1.165) is 0 Å². The minimum absolute atomic E-state index is 0.172. The van der Waals surface area contributed by atoms with Gasteiger partial charge in [0, 0.05) is 24.0 Å². The maximum Gasteiger partial charge on any atom is 0.272 e. The molecule has 8 nitrogen and oxygen atoms in total. The highest BCUT2D eigenvalue weighted by atomic mass is 35.5. The molecular formula is C24H27ClFN5O3. The van der Waals surface area contributed by atoms with Crippen LogP contribution >= 0.6 is 11.6 Å². The van der Waals surface area contributed by atoms with E-state index in [9.17, 15) is 19.1 Å². The number of nitrogens with zero attached hydrogens (tertiary/aromatic N) is 4. The highest BCUT2D eigenvalue weighted by molar-refractivity contribution is 6.30. The molecule has 1 fully saturated rings. The van der Waals surface area contributed by atoms with Crippen LogP contribution in [0.25, 0.3) is 5.52 Å². The number of nitrogens with one attached hydrogen (secondary N) is 1. The normalized spacial score (nSPS) is 19.8. The molecule has 3 aromatic rings. The summed E-state index contributed by atoms with van der Waals surface area (Å²) in [4.78, 5) is 36.1. The molecule has 0 aliphatic carbocycles. The van der Waals surface area contributed by atoms with Crippen LogP contribution in [-0.2, 0) is 4.79 Å². The van der Waals surface area contributed by atoms with Crippen LogP contribution in [0.3, 0.4) is 0 Å². The Morgan fingerprint density at radius 3 is 2.65 bits per heavy atom. The molecule has 0 saturated carbocycles. The molecule has 0 spiro atoms. The maximum absolute atomic E-state index is 14.1. The first kappa shape index (κ1) is 24.1. The van der Waals surface area contributed by atoms with Crippen LogP contribution in [0.4, 0.5) is 4.39 Å². The molecule has 1 aliphatic rings. The molecular weight excluding hydrogens is 461 g/mol. The first-order valence-electron chi connectivity index (χ1n) is 11.0. The third-order valence-electron chi connectivity index (χ3n) is 6.16. The van der Waals surface area contributed by atoms with Gasteiger partial charge in [0.05, 0.1) is 36.5 Å². The lowest BCUT2D eigenvalue weighted by molar-refractivity contribution is -0.135. The van der Waals surface area contributed by atoms with Crippen molar-refractivity contribution in [1.82, 2.24) is 24.6 Å². The highest BCUT2D eigenvalue weighted by Crippen LogP contribution is 2.32. The summed E-state index contributed by atoms with van der Waals surface area (Å²) in [7, 11) is 0. The van der Waals surface area contributed by atoms with E-state index in [-0.39, 0.29) is 23.4 Å². The molecule has 2 aromatic heterocycles. The van der Waals surface area contributed by atoms with Gasteiger partial charge < -0.3 is 15.3 Å². The first-order valence-corrected chi connectivity index (χ1v) is 11.4. The summed E-state index contributed by atoms with van der Waals surface area (Å²) in [6, 6.07) is 3.72. The van der Waals surface area contributed by atoms with Gasteiger partial charge in [-0.3, -0.25) is 19.0 Å². The van der Waals surface area contributed by atoms with Gasteiger partial charge in [0.25, 0.3) is 5.91 Å². The third kappa shape index (κ3) is 4.90. The van der Waals surface area contributed by atoms with E-state index in [4.69, 9.17) is 11.6 Å². The Hall–Kier alpha value is -3.04. The second-order valence-electron chi connectivity index (χ2n) is 9.71. The van der Waals surface area contributed by atoms with Gasteiger partial charge in [-0.2, -0.15) is 0 Å². The van der Waals surface area contributed by atoms with Gasteiger partial charge in [-0.05, 0) is 35.6 Å². The number of halogens is 2. The van der Waals surface area contributed by atoms with Crippen molar-refractivity contribution in [3.63, 3.8) is 0 Å². The van der Waals surface area contributed by atoms with Crippen LogP contribution < -0.4 is 5.32 Å². The third-order valence-corrected chi connectivity index (χ3v) is 6.38. The predicted octanol–water partition coefficient (Wildman–Crippen LogP) is 3.04. The highest BCUT2D eigenvalue weighted by Gasteiger charge is 2.37. The topological polar surface area (TPSA) is 99.8 Å². The number of carbonyl (C=O) groups is 2. The average molecular weight is 488 g/mol. The molecule has 2 N–H and O–H groups in total. The Morgan fingerprint density at radius 2 is 1.94 bits per heavy atom. The van der Waals surface area contributed by atoms with Crippen LogP contribution in [0, 0.1) is 11.2 Å². The summed E-state index contributed by atoms with van der Waals surface area (Å²) < 4.78 is 15.8. The molecule has 3 atom stereocenters. The van der Waals surface area contributed by atoms with Crippen LogP contribution in [0.2, 0.25) is 5.02 Å². The number of aromatic nitrogens is 3. The predicted molar refractivity (Wildman–Crippen MR) is 125 cm³/mol. The minimum atomic E-state index is -1.25. The molecule has 34 heavy (non-hydrogen) atoms. The maximum atomic E-state index is 14.1. The van der Waals surface area contributed by atoms with E-state index >= 15 is 0 Å². The zero-order valence-corrected chi connectivity index (χ0v) is 20.0. The van der Waals surface area contributed by atoms with E-state index in [0.29, 0.717) is 29.7 Å². The fraction of sp³-hybridized carbons (Fsp3) is 0.417. The van der Waals surface area contributed by atoms with E-state index in [1.807, 2.05) is 0 Å². The van der Waals surface area contributed by atoms with Gasteiger partial charge in [-0.15, -0.1) is 0 Å². The largest absolute Gasteiger partial charge is 0.383 e. The summed E-state index contributed by atoms with van der Waals surface area (Å²) in [6.07, 6.45) is 5.47. The standard InChI is InChI=1S/C24H27ClFN5O3/c1-24(2,3)21(32)22(33)29-19-12-30(5-4-18(19)14-6-15(25)8-16(26)7-14)23(34)20-11-27-9-17-10-28-13-31(17)20/h6-11,13,18-19,21,32H,4-5,12H2,1-3H3,(H,29,33)/t18-,19+,21-/m0/s1. The summed E-state index contributed by atoms with van der Waals surface area (Å²) in [5, 5.41) is 13.6. The molecule has 0 radical (unpaired) electrons. The number of aliphatic hydroxyl groups excluding tert-OH is 1. The number of hydrogen-bond acceptors (Lipinski definition) is 5. The Balaban J connectivity index is 1.63. The van der Waals surface area contributed by atoms with Crippen LogP contribution in [0.5, 0.6) is 0 Å². The molecule has 3 heterocycles. The lowest BCUT2D eigenvalue weighted by atomic mass is 9.83. The summed E-state index contributed by atoms with van der Waals surface area (Å²) in [5.74, 6) is -1.57. The Bertz CT molecular complexity index is 1200. The summed E-state index contributed by atoms with van der Waals surface area (Å²) in [6.45, 7) is 5.84. The van der Waals surface area contributed by atoms with Crippen molar-refractivity contribution in [3.05, 3.63) is 65.2 Å². The number of imidazole rings is 1. The van der Waals surface area contributed by atoms with Gasteiger partial charge in [0.2, 0.25) is 5.91 Å². The Labute approximate surface area is 201 Å². The second-order valence-corrected chi connectivity index (χ2v) is 10.2. The number of rotatable bonds is 4. The average Bonchev–Trinajstić information content (AvgIpc) is 3.25. The summed E-state index contributed by atoms with van der Waals surface area (Å²) in [5.41, 5.74) is 0.996. The molecule has 1 aliphatic heterocycles. The lowest BCUT2D eigenvalue weighted by Gasteiger charge is -2.40. The zero-order chi connectivity index (χ0) is 24.6. The van der Waals surface area contributed by atoms with E-state index < -0.39 is 29.3 Å².